The Morgan fingerprint density at radius 3 is 2.55 bits per heavy atom. The van der Waals surface area contributed by atoms with Gasteiger partial charge in [0.05, 0.1) is 5.69 Å². The number of nitrogens with one attached hydrogen (secondary N) is 2. The monoisotopic (exact) mass is 305 g/mol. The first-order valence-corrected chi connectivity index (χ1v) is 7.48. The number of aliphatic hydroxyl groups is 1. The smallest absolute Gasteiger partial charge is 0.357 e. The van der Waals surface area contributed by atoms with E-state index in [1.807, 2.05) is 0 Å². The first-order chi connectivity index (χ1) is 9.10. The number of nitrogens with zero attached hydrogens (tertiary/aromatic N) is 1. The third-order valence-electron chi connectivity index (χ3n) is 2.89. The number of carbonyl (C=O) groups is 1. The van der Waals surface area contributed by atoms with Gasteiger partial charge in [-0.1, -0.05) is 13.8 Å². The molecule has 0 aliphatic heterocycles. The summed E-state index contributed by atoms with van der Waals surface area (Å²) in [6.45, 7) is 5.06. The average molecular weight is 305 g/mol. The molecule has 0 unspecified atom stereocenters. The third-order valence-corrected chi connectivity index (χ3v) is 4.45. The fraction of sp³-hybridized carbons (Fsp3) is 0.636. The van der Waals surface area contributed by atoms with Crippen molar-refractivity contribution in [3.63, 3.8) is 0 Å². The number of hydrogen-bond acceptors (Lipinski definition) is 5. The Bertz CT molecular complexity index is 591. The quantitative estimate of drug-likeness (QED) is 0.565. The fourth-order valence-corrected chi connectivity index (χ4v) is 3.21. The van der Waals surface area contributed by atoms with Crippen LogP contribution in [0.2, 0.25) is 0 Å². The number of rotatable bonds is 7. The molecular weight excluding hydrogens is 286 g/mol. The molecule has 1 rings (SSSR count). The minimum Gasteiger partial charge on any atom is -0.476 e. The molecule has 8 nitrogen and oxygen atoms in total. The summed E-state index contributed by atoms with van der Waals surface area (Å²) in [4.78, 5) is 10.6. The lowest BCUT2D eigenvalue weighted by Gasteiger charge is -2.23. The maximum absolute atomic E-state index is 12.2. The van der Waals surface area contributed by atoms with Gasteiger partial charge in [-0.3, -0.25) is 5.10 Å². The lowest BCUT2D eigenvalue weighted by molar-refractivity contribution is 0.0686. The van der Waals surface area contributed by atoms with Gasteiger partial charge in [-0.15, -0.1) is 0 Å². The molecule has 0 saturated carbocycles. The second kappa shape index (κ2) is 5.90. The van der Waals surface area contributed by atoms with Gasteiger partial charge in [-0.2, -0.15) is 5.10 Å². The molecule has 0 bridgehead atoms. The topological polar surface area (TPSA) is 132 Å². The van der Waals surface area contributed by atoms with Crippen LogP contribution < -0.4 is 4.72 Å². The third kappa shape index (κ3) is 3.78. The number of carboxylic acid groups (broad SMARTS) is 1. The largest absolute Gasteiger partial charge is 0.476 e. The SMILES string of the molecule is Cc1[nH]nc(C(=O)O)c1S(=O)(=O)NCC(C)(C)CCO. The van der Waals surface area contributed by atoms with E-state index in [1.165, 1.54) is 6.92 Å². The zero-order chi connectivity index (χ0) is 15.6. The van der Waals surface area contributed by atoms with E-state index in [0.29, 0.717) is 6.42 Å². The molecule has 9 heteroatoms. The van der Waals surface area contributed by atoms with E-state index in [4.69, 9.17) is 10.2 Å². The van der Waals surface area contributed by atoms with Gasteiger partial charge < -0.3 is 10.2 Å². The molecule has 0 atom stereocenters. The lowest BCUT2D eigenvalue weighted by Crippen LogP contribution is -2.35. The van der Waals surface area contributed by atoms with Gasteiger partial charge in [0.1, 0.15) is 4.90 Å². The molecular formula is C11H19N3O5S. The van der Waals surface area contributed by atoms with Crippen LogP contribution in [0.4, 0.5) is 0 Å². The van der Waals surface area contributed by atoms with Gasteiger partial charge >= 0.3 is 5.97 Å². The first-order valence-electron chi connectivity index (χ1n) is 5.99. The summed E-state index contributed by atoms with van der Waals surface area (Å²) in [6, 6.07) is 0. The van der Waals surface area contributed by atoms with Gasteiger partial charge in [0.15, 0.2) is 5.69 Å². The van der Waals surface area contributed by atoms with Crippen molar-refractivity contribution in [1.29, 1.82) is 0 Å². The van der Waals surface area contributed by atoms with Crippen LogP contribution in [-0.2, 0) is 10.0 Å². The van der Waals surface area contributed by atoms with Crippen molar-refractivity contribution < 1.29 is 23.4 Å². The second-order valence-electron chi connectivity index (χ2n) is 5.29. The molecule has 4 N–H and O–H groups in total. The number of H-pyrrole nitrogens is 1. The Balaban J connectivity index is 3.01. The number of aromatic carboxylic acids is 1. The van der Waals surface area contributed by atoms with Crippen LogP contribution in [0.1, 0.15) is 36.5 Å². The Hall–Kier alpha value is -1.45. The highest BCUT2D eigenvalue weighted by Gasteiger charge is 2.29. The zero-order valence-corrected chi connectivity index (χ0v) is 12.4. The van der Waals surface area contributed by atoms with Crippen LogP contribution in [0.25, 0.3) is 0 Å². The molecule has 1 heterocycles. The van der Waals surface area contributed by atoms with Gasteiger partial charge in [0.2, 0.25) is 10.0 Å². The summed E-state index contributed by atoms with van der Waals surface area (Å²) in [5.74, 6) is -1.41. The average Bonchev–Trinajstić information content (AvgIpc) is 2.70. The van der Waals surface area contributed by atoms with Crippen molar-refractivity contribution in [1.82, 2.24) is 14.9 Å². The summed E-state index contributed by atoms with van der Waals surface area (Å²) in [5.41, 5.74) is -0.812. The van der Waals surface area contributed by atoms with Crippen LogP contribution >= 0.6 is 0 Å². The summed E-state index contributed by atoms with van der Waals surface area (Å²) in [6.07, 6.45) is 0.422. The molecule has 0 spiro atoms. The van der Waals surface area contributed by atoms with E-state index in [0.717, 1.165) is 0 Å². The molecule has 0 radical (unpaired) electrons. The van der Waals surface area contributed by atoms with E-state index in [9.17, 15) is 13.2 Å². The Labute approximate surface area is 117 Å². The highest BCUT2D eigenvalue weighted by molar-refractivity contribution is 7.89. The lowest BCUT2D eigenvalue weighted by atomic mass is 9.90. The molecule has 0 aliphatic carbocycles. The second-order valence-corrected chi connectivity index (χ2v) is 7.00. The molecule has 0 fully saturated rings. The summed E-state index contributed by atoms with van der Waals surface area (Å²) in [5, 5.41) is 23.7. The van der Waals surface area contributed by atoms with Crippen molar-refractivity contribution >= 4 is 16.0 Å². The van der Waals surface area contributed by atoms with Gasteiger partial charge in [-0.25, -0.2) is 17.9 Å². The maximum Gasteiger partial charge on any atom is 0.357 e. The Kier molecular flexibility index (Phi) is 4.90. The van der Waals surface area contributed by atoms with Crippen LogP contribution in [0.3, 0.4) is 0 Å². The number of hydrogen-bond donors (Lipinski definition) is 4. The van der Waals surface area contributed by atoms with E-state index in [1.54, 1.807) is 13.8 Å². The van der Waals surface area contributed by atoms with E-state index < -0.39 is 27.1 Å². The first kappa shape index (κ1) is 16.6. The molecule has 114 valence electrons. The maximum atomic E-state index is 12.2. The molecule has 0 saturated heterocycles. The Morgan fingerprint density at radius 1 is 1.45 bits per heavy atom. The zero-order valence-electron chi connectivity index (χ0n) is 11.6. The molecule has 20 heavy (non-hydrogen) atoms. The molecule has 1 aromatic heterocycles. The summed E-state index contributed by atoms with van der Waals surface area (Å²) >= 11 is 0. The van der Waals surface area contributed by atoms with Crippen molar-refractivity contribution in [3.05, 3.63) is 11.4 Å². The van der Waals surface area contributed by atoms with Gasteiger partial charge in [0.25, 0.3) is 0 Å². The number of aromatic amines is 1. The summed E-state index contributed by atoms with van der Waals surface area (Å²) in [7, 11) is -3.98. The normalized spacial score (nSPS) is 12.6. The van der Waals surface area contributed by atoms with Crippen LogP contribution in [0.15, 0.2) is 4.90 Å². The number of aryl methyl sites for hydroxylation is 1. The number of aromatic nitrogens is 2. The van der Waals surface area contributed by atoms with Crippen molar-refractivity contribution in [3.8, 4) is 0 Å². The van der Waals surface area contributed by atoms with Crippen LogP contribution in [0, 0.1) is 12.3 Å². The van der Waals surface area contributed by atoms with Gasteiger partial charge in [0, 0.05) is 13.2 Å². The van der Waals surface area contributed by atoms with Crippen molar-refractivity contribution in [2.24, 2.45) is 5.41 Å². The Morgan fingerprint density at radius 2 is 2.05 bits per heavy atom. The number of sulfonamides is 1. The fourth-order valence-electron chi connectivity index (χ4n) is 1.65. The molecule has 0 amide bonds. The molecule has 0 aliphatic rings. The minimum absolute atomic E-state index is 0.0557. The molecule has 0 aromatic carbocycles. The predicted molar refractivity (Wildman–Crippen MR) is 71.0 cm³/mol. The highest BCUT2D eigenvalue weighted by Crippen LogP contribution is 2.21. The highest BCUT2D eigenvalue weighted by atomic mass is 32.2. The van der Waals surface area contributed by atoms with E-state index in [2.05, 4.69) is 14.9 Å². The molecule has 1 aromatic rings. The minimum atomic E-state index is -3.98. The number of carboxylic acids is 1. The van der Waals surface area contributed by atoms with E-state index in [-0.39, 0.29) is 23.7 Å². The van der Waals surface area contributed by atoms with E-state index >= 15 is 0 Å². The van der Waals surface area contributed by atoms with Crippen LogP contribution in [0.5, 0.6) is 0 Å². The predicted octanol–water partition coefficient (Wildman–Crippen LogP) is 0.103. The van der Waals surface area contributed by atoms with Crippen LogP contribution in [-0.4, -0.2) is 47.9 Å². The van der Waals surface area contributed by atoms with Crippen molar-refractivity contribution in [2.75, 3.05) is 13.2 Å². The standard InChI is InChI=1S/C11H19N3O5S/c1-7-9(8(10(16)17)14-13-7)20(18,19)12-6-11(2,3)4-5-15/h12,15H,4-6H2,1-3H3,(H,13,14)(H,16,17). The number of aliphatic hydroxyl groups excluding tert-OH is 1. The van der Waals surface area contributed by atoms with Crippen molar-refractivity contribution in [2.45, 2.75) is 32.1 Å². The van der Waals surface area contributed by atoms with Gasteiger partial charge in [-0.05, 0) is 18.8 Å². The summed E-state index contributed by atoms with van der Waals surface area (Å²) < 4.78 is 26.7.